The zero-order valence-electron chi connectivity index (χ0n) is 17.5. The van der Waals surface area contributed by atoms with E-state index < -0.39 is 0 Å². The van der Waals surface area contributed by atoms with Crippen molar-refractivity contribution >= 4 is 11.8 Å². The van der Waals surface area contributed by atoms with Crippen LogP contribution < -0.4 is 15.5 Å². The summed E-state index contributed by atoms with van der Waals surface area (Å²) in [6.45, 7) is 8.21. The normalized spacial score (nSPS) is 15.1. The molecule has 162 valence electrons. The Morgan fingerprint density at radius 3 is 2.50 bits per heavy atom. The molecular formula is C21H27N3O6. The molecule has 2 amide bonds. The zero-order chi connectivity index (χ0) is 21.7. The maximum atomic E-state index is 12.3. The Morgan fingerprint density at radius 2 is 1.90 bits per heavy atom. The van der Waals surface area contributed by atoms with Gasteiger partial charge >= 0.3 is 0 Å². The molecule has 0 atom stereocenters. The van der Waals surface area contributed by atoms with E-state index in [1.54, 1.807) is 17.0 Å². The lowest BCUT2D eigenvalue weighted by Crippen LogP contribution is -2.48. The van der Waals surface area contributed by atoms with Gasteiger partial charge in [0.25, 0.3) is 11.8 Å². The summed E-state index contributed by atoms with van der Waals surface area (Å²) in [4.78, 5) is 40.2. The molecule has 30 heavy (non-hydrogen) atoms. The van der Waals surface area contributed by atoms with Crippen LogP contribution in [0.4, 0.5) is 0 Å². The second-order valence-corrected chi connectivity index (χ2v) is 8.21. The van der Waals surface area contributed by atoms with E-state index in [1.165, 1.54) is 18.6 Å². The minimum atomic E-state index is -0.373. The van der Waals surface area contributed by atoms with Gasteiger partial charge in [-0.15, -0.1) is 0 Å². The van der Waals surface area contributed by atoms with Gasteiger partial charge in [-0.05, 0) is 32.9 Å². The Balaban J connectivity index is 1.48. The van der Waals surface area contributed by atoms with Gasteiger partial charge in [0.1, 0.15) is 12.0 Å². The molecule has 3 heterocycles. The summed E-state index contributed by atoms with van der Waals surface area (Å²) in [5, 5.41) is 2.76. The topological polar surface area (TPSA) is 105 Å². The van der Waals surface area contributed by atoms with Crippen molar-refractivity contribution in [3.05, 3.63) is 52.5 Å². The Morgan fingerprint density at radius 1 is 1.17 bits per heavy atom. The van der Waals surface area contributed by atoms with Gasteiger partial charge in [-0.3, -0.25) is 19.3 Å². The van der Waals surface area contributed by atoms with Gasteiger partial charge in [-0.2, -0.15) is 0 Å². The van der Waals surface area contributed by atoms with Crippen LogP contribution in [0.1, 0.15) is 37.1 Å². The molecule has 9 heteroatoms. The third kappa shape index (κ3) is 5.96. The van der Waals surface area contributed by atoms with E-state index in [-0.39, 0.29) is 35.1 Å². The highest BCUT2D eigenvalue weighted by Gasteiger charge is 2.24. The summed E-state index contributed by atoms with van der Waals surface area (Å²) in [5.41, 5.74) is -0.715. The second-order valence-electron chi connectivity index (χ2n) is 8.21. The SMILES string of the molecule is CC(C)(C)NC(=O)COc1coc(CN2CCN(C(=O)c3ccco3)CC2)cc1=O. The van der Waals surface area contributed by atoms with E-state index in [2.05, 4.69) is 10.2 Å². The minimum absolute atomic E-state index is 0.00308. The van der Waals surface area contributed by atoms with Crippen LogP contribution in [0.2, 0.25) is 0 Å². The highest BCUT2D eigenvalue weighted by atomic mass is 16.5. The third-order valence-electron chi connectivity index (χ3n) is 4.50. The van der Waals surface area contributed by atoms with Crippen LogP contribution in [0, 0.1) is 0 Å². The fourth-order valence-electron chi connectivity index (χ4n) is 3.11. The van der Waals surface area contributed by atoms with Gasteiger partial charge in [0.15, 0.2) is 12.4 Å². The van der Waals surface area contributed by atoms with E-state index in [0.717, 1.165) is 0 Å². The number of nitrogens with one attached hydrogen (secondary N) is 1. The second kappa shape index (κ2) is 9.17. The van der Waals surface area contributed by atoms with E-state index in [4.69, 9.17) is 13.6 Å². The van der Waals surface area contributed by atoms with Crippen LogP contribution in [-0.4, -0.2) is 59.9 Å². The molecular weight excluding hydrogens is 390 g/mol. The summed E-state index contributed by atoms with van der Waals surface area (Å²) < 4.78 is 16.0. The molecule has 0 spiro atoms. The average Bonchev–Trinajstić information content (AvgIpc) is 3.21. The number of hydrogen-bond donors (Lipinski definition) is 1. The van der Waals surface area contributed by atoms with Crippen LogP contribution in [0.3, 0.4) is 0 Å². The fraction of sp³-hybridized carbons (Fsp3) is 0.476. The van der Waals surface area contributed by atoms with Crippen LogP contribution in [0.15, 0.2) is 44.4 Å². The number of piperazine rings is 1. The molecule has 1 fully saturated rings. The highest BCUT2D eigenvalue weighted by Crippen LogP contribution is 2.13. The van der Waals surface area contributed by atoms with Gasteiger partial charge in [0, 0.05) is 37.8 Å². The fourth-order valence-corrected chi connectivity index (χ4v) is 3.11. The molecule has 1 aliphatic rings. The number of carbonyl (C=O) groups excluding carboxylic acids is 2. The first-order chi connectivity index (χ1) is 14.2. The van der Waals surface area contributed by atoms with Crippen LogP contribution in [-0.2, 0) is 11.3 Å². The Hall–Kier alpha value is -3.07. The molecule has 0 bridgehead atoms. The molecule has 0 unspecified atom stereocenters. The number of furan rings is 1. The van der Waals surface area contributed by atoms with Gasteiger partial charge in [-0.1, -0.05) is 0 Å². The predicted molar refractivity (Wildman–Crippen MR) is 108 cm³/mol. The van der Waals surface area contributed by atoms with E-state index in [0.29, 0.717) is 44.2 Å². The standard InChI is InChI=1S/C21H27N3O6/c1-21(2,3)22-19(26)14-30-18-13-29-15(11-16(18)25)12-23-6-8-24(9-7-23)20(27)17-5-4-10-28-17/h4-5,10-11,13H,6-9,12,14H2,1-3H3,(H,22,26). The van der Waals surface area contributed by atoms with Crippen LogP contribution >= 0.6 is 0 Å². The van der Waals surface area contributed by atoms with E-state index >= 15 is 0 Å². The summed E-state index contributed by atoms with van der Waals surface area (Å²) >= 11 is 0. The predicted octanol–water partition coefficient (Wildman–Crippen LogP) is 1.48. The van der Waals surface area contributed by atoms with Crippen LogP contribution in [0.5, 0.6) is 5.75 Å². The molecule has 0 radical (unpaired) electrons. The number of ether oxygens (including phenoxy) is 1. The van der Waals surface area contributed by atoms with Crippen molar-refractivity contribution < 1.29 is 23.2 Å². The van der Waals surface area contributed by atoms with Crippen molar-refractivity contribution in [1.82, 2.24) is 15.1 Å². The maximum Gasteiger partial charge on any atom is 0.289 e. The summed E-state index contributed by atoms with van der Waals surface area (Å²) in [6.07, 6.45) is 2.72. The van der Waals surface area contributed by atoms with Gasteiger partial charge in [0.2, 0.25) is 11.2 Å². The summed E-state index contributed by atoms with van der Waals surface area (Å²) in [5.74, 6) is 0.395. The first-order valence-corrected chi connectivity index (χ1v) is 9.82. The number of rotatable bonds is 6. The molecule has 3 rings (SSSR count). The quantitative estimate of drug-likeness (QED) is 0.759. The molecule has 2 aromatic heterocycles. The largest absolute Gasteiger partial charge is 0.477 e. The number of hydrogen-bond acceptors (Lipinski definition) is 7. The molecule has 0 aliphatic carbocycles. The molecule has 1 N–H and O–H groups in total. The summed E-state index contributed by atoms with van der Waals surface area (Å²) in [7, 11) is 0. The molecule has 9 nitrogen and oxygen atoms in total. The van der Waals surface area contributed by atoms with Crippen LogP contribution in [0.25, 0.3) is 0 Å². The summed E-state index contributed by atoms with van der Waals surface area (Å²) in [6, 6.07) is 4.72. The number of carbonyl (C=O) groups is 2. The van der Waals surface area contributed by atoms with Crippen molar-refractivity contribution in [2.45, 2.75) is 32.9 Å². The third-order valence-corrected chi connectivity index (χ3v) is 4.50. The monoisotopic (exact) mass is 417 g/mol. The van der Waals surface area contributed by atoms with E-state index in [1.807, 2.05) is 20.8 Å². The maximum absolute atomic E-state index is 12.3. The molecule has 0 saturated carbocycles. The average molecular weight is 417 g/mol. The Bertz CT molecular complexity index is 921. The van der Waals surface area contributed by atoms with Crippen molar-refractivity contribution in [3.8, 4) is 5.75 Å². The van der Waals surface area contributed by atoms with Gasteiger partial charge in [0.05, 0.1) is 12.8 Å². The molecule has 2 aromatic rings. The van der Waals surface area contributed by atoms with Crippen molar-refractivity contribution in [2.75, 3.05) is 32.8 Å². The lowest BCUT2D eigenvalue weighted by molar-refractivity contribution is -0.124. The van der Waals surface area contributed by atoms with Crippen molar-refractivity contribution in [2.24, 2.45) is 0 Å². The first kappa shape index (κ1) is 21.6. The van der Waals surface area contributed by atoms with E-state index in [9.17, 15) is 14.4 Å². The first-order valence-electron chi connectivity index (χ1n) is 9.82. The molecule has 1 aliphatic heterocycles. The lowest BCUT2D eigenvalue weighted by atomic mass is 10.1. The molecule has 1 saturated heterocycles. The Kier molecular flexibility index (Phi) is 6.61. The lowest BCUT2D eigenvalue weighted by Gasteiger charge is -2.33. The van der Waals surface area contributed by atoms with Gasteiger partial charge < -0.3 is 23.8 Å². The van der Waals surface area contributed by atoms with Gasteiger partial charge in [-0.25, -0.2) is 0 Å². The van der Waals surface area contributed by atoms with Crippen molar-refractivity contribution in [1.29, 1.82) is 0 Å². The zero-order valence-corrected chi connectivity index (χ0v) is 17.5. The Labute approximate surface area is 174 Å². The highest BCUT2D eigenvalue weighted by molar-refractivity contribution is 5.91. The molecule has 0 aromatic carbocycles. The smallest absolute Gasteiger partial charge is 0.289 e. The number of nitrogens with zero attached hydrogens (tertiary/aromatic N) is 2. The minimum Gasteiger partial charge on any atom is -0.477 e. The number of amides is 2. The van der Waals surface area contributed by atoms with Crippen molar-refractivity contribution in [3.63, 3.8) is 0 Å².